The summed E-state index contributed by atoms with van der Waals surface area (Å²) in [5.74, 6) is -0.313. The van der Waals surface area contributed by atoms with Gasteiger partial charge in [-0.25, -0.2) is 0 Å². The second-order valence-electron chi connectivity index (χ2n) is 6.49. The predicted octanol–water partition coefficient (Wildman–Crippen LogP) is 2.77. The van der Waals surface area contributed by atoms with Crippen LogP contribution in [0.1, 0.15) is 40.3 Å². The molecular formula is C19H15N3O3. The number of ether oxygens (including phenoxy) is 1. The average Bonchev–Trinajstić information content (AvgIpc) is 3.33. The summed E-state index contributed by atoms with van der Waals surface area (Å²) >= 11 is 0. The number of rotatable bonds is 4. The second-order valence-corrected chi connectivity index (χ2v) is 6.49. The SMILES string of the molecule is N#CC(=[N+]=[N-])C(=O)C[C@H]1Cc2ccc3c(c2C1)[C@@H](c1ccoc1)OC3. The molecule has 0 radical (unpaired) electrons. The molecule has 2 heterocycles. The lowest BCUT2D eigenvalue weighted by Gasteiger charge is -2.13. The van der Waals surface area contributed by atoms with Crippen LogP contribution in [-0.2, 0) is 29.0 Å². The monoisotopic (exact) mass is 333 g/mol. The first-order valence-corrected chi connectivity index (χ1v) is 8.13. The Morgan fingerprint density at radius 3 is 2.88 bits per heavy atom. The van der Waals surface area contributed by atoms with Crippen molar-refractivity contribution in [2.45, 2.75) is 32.0 Å². The molecule has 6 heteroatoms. The third-order valence-corrected chi connectivity index (χ3v) is 5.00. The maximum Gasteiger partial charge on any atom is 0.433 e. The number of ketones is 1. The van der Waals surface area contributed by atoms with E-state index in [1.54, 1.807) is 18.6 Å². The minimum absolute atomic E-state index is 0.102. The highest BCUT2D eigenvalue weighted by Gasteiger charge is 2.35. The Hall–Kier alpha value is -3.00. The van der Waals surface area contributed by atoms with Crippen LogP contribution in [0.3, 0.4) is 0 Å². The standard InChI is InChI=1S/C19H15N3O3/c20-8-16(22-21)17(23)7-11-5-12-1-2-13-10-25-19(14-3-4-24-9-14)18(13)15(12)6-11/h1-4,9,11,19H,5-7,10H2/t11-,19+/m0/s1. The summed E-state index contributed by atoms with van der Waals surface area (Å²) in [5.41, 5.74) is 14.1. The van der Waals surface area contributed by atoms with E-state index in [4.69, 9.17) is 19.9 Å². The molecule has 1 aliphatic heterocycles. The summed E-state index contributed by atoms with van der Waals surface area (Å²) in [6, 6.07) is 7.74. The molecule has 25 heavy (non-hydrogen) atoms. The first kappa shape index (κ1) is 15.5. The maximum absolute atomic E-state index is 12.0. The van der Waals surface area contributed by atoms with Gasteiger partial charge in [0.05, 0.1) is 19.1 Å². The summed E-state index contributed by atoms with van der Waals surface area (Å²) in [5, 5.41) is 8.82. The van der Waals surface area contributed by atoms with E-state index in [2.05, 4.69) is 16.9 Å². The molecular weight excluding hydrogens is 318 g/mol. The number of furan rings is 1. The van der Waals surface area contributed by atoms with E-state index in [1.165, 1.54) is 22.3 Å². The first-order valence-electron chi connectivity index (χ1n) is 8.13. The van der Waals surface area contributed by atoms with Gasteiger partial charge in [-0.3, -0.25) is 4.79 Å². The van der Waals surface area contributed by atoms with Crippen LogP contribution in [0.15, 0.2) is 35.1 Å². The van der Waals surface area contributed by atoms with Gasteiger partial charge in [0, 0.05) is 12.0 Å². The Labute approximate surface area is 144 Å². The zero-order valence-electron chi connectivity index (χ0n) is 13.4. The molecule has 1 aromatic heterocycles. The fourth-order valence-corrected chi connectivity index (χ4v) is 3.90. The Morgan fingerprint density at radius 1 is 1.32 bits per heavy atom. The summed E-state index contributed by atoms with van der Waals surface area (Å²) in [6.07, 6.45) is 4.94. The lowest BCUT2D eigenvalue weighted by atomic mass is 9.92. The van der Waals surface area contributed by atoms with Crippen molar-refractivity contribution < 1.29 is 18.7 Å². The quantitative estimate of drug-likeness (QED) is 0.488. The summed E-state index contributed by atoms with van der Waals surface area (Å²) < 4.78 is 11.2. The molecule has 2 atom stereocenters. The number of carbonyl (C=O) groups is 1. The largest absolute Gasteiger partial charge is 0.472 e. The van der Waals surface area contributed by atoms with Crippen molar-refractivity contribution in [3.8, 4) is 6.07 Å². The van der Waals surface area contributed by atoms with E-state index in [9.17, 15) is 4.79 Å². The third-order valence-electron chi connectivity index (χ3n) is 5.00. The van der Waals surface area contributed by atoms with E-state index < -0.39 is 11.5 Å². The van der Waals surface area contributed by atoms with Gasteiger partial charge in [-0.05, 0) is 47.1 Å². The van der Waals surface area contributed by atoms with Crippen molar-refractivity contribution in [1.82, 2.24) is 0 Å². The van der Waals surface area contributed by atoms with Gasteiger partial charge in [0.2, 0.25) is 0 Å². The van der Waals surface area contributed by atoms with Gasteiger partial charge >= 0.3 is 5.71 Å². The Bertz CT molecular complexity index is 934. The number of hydrogen-bond acceptors (Lipinski definition) is 4. The molecule has 6 nitrogen and oxygen atoms in total. The van der Waals surface area contributed by atoms with E-state index in [1.807, 2.05) is 6.07 Å². The topological polar surface area (TPSA) is 99.6 Å². The number of benzene rings is 1. The first-order chi connectivity index (χ1) is 12.2. The highest BCUT2D eigenvalue weighted by molar-refractivity contribution is 6.43. The molecule has 0 N–H and O–H groups in total. The Balaban J connectivity index is 1.61. The Morgan fingerprint density at radius 2 is 2.16 bits per heavy atom. The lowest BCUT2D eigenvalue weighted by molar-refractivity contribution is -0.117. The smallest absolute Gasteiger partial charge is 0.433 e. The van der Waals surface area contributed by atoms with E-state index >= 15 is 0 Å². The fraction of sp³-hybridized carbons (Fsp3) is 0.316. The molecule has 0 bridgehead atoms. The highest BCUT2D eigenvalue weighted by atomic mass is 16.5. The van der Waals surface area contributed by atoms with E-state index in [-0.39, 0.29) is 18.4 Å². The Kier molecular flexibility index (Phi) is 3.81. The molecule has 0 unspecified atom stereocenters. The van der Waals surface area contributed by atoms with Gasteiger partial charge in [0.1, 0.15) is 6.10 Å². The molecule has 0 saturated carbocycles. The van der Waals surface area contributed by atoms with Crippen LogP contribution >= 0.6 is 0 Å². The molecule has 0 spiro atoms. The van der Waals surface area contributed by atoms with Crippen LogP contribution in [0.2, 0.25) is 0 Å². The van der Waals surface area contributed by atoms with Crippen LogP contribution < -0.4 is 0 Å². The third kappa shape index (κ3) is 2.60. The van der Waals surface area contributed by atoms with Crippen molar-refractivity contribution in [1.29, 1.82) is 5.26 Å². The highest BCUT2D eigenvalue weighted by Crippen LogP contribution is 2.43. The van der Waals surface area contributed by atoms with Crippen LogP contribution in [0.5, 0.6) is 0 Å². The van der Waals surface area contributed by atoms with Crippen LogP contribution in [0, 0.1) is 17.2 Å². The minimum atomic E-state index is -0.430. The van der Waals surface area contributed by atoms with Crippen molar-refractivity contribution in [2.24, 2.45) is 5.92 Å². The summed E-state index contributed by atoms with van der Waals surface area (Å²) in [7, 11) is 0. The molecule has 0 fully saturated rings. The number of fused-ring (bicyclic) bond motifs is 3. The van der Waals surface area contributed by atoms with Crippen molar-refractivity contribution in [3.05, 3.63) is 64.1 Å². The zero-order valence-corrected chi connectivity index (χ0v) is 13.4. The minimum Gasteiger partial charge on any atom is -0.472 e. The molecule has 0 amide bonds. The molecule has 124 valence electrons. The maximum atomic E-state index is 12.0. The molecule has 2 aromatic rings. The van der Waals surface area contributed by atoms with Crippen molar-refractivity contribution in [3.63, 3.8) is 0 Å². The van der Waals surface area contributed by atoms with E-state index in [0.29, 0.717) is 6.61 Å². The molecule has 0 saturated heterocycles. The number of hydrogen-bond donors (Lipinski definition) is 0. The lowest BCUT2D eigenvalue weighted by Crippen LogP contribution is -2.17. The van der Waals surface area contributed by atoms with Crippen molar-refractivity contribution in [2.75, 3.05) is 0 Å². The molecule has 1 aliphatic carbocycles. The van der Waals surface area contributed by atoms with Crippen LogP contribution in [0.4, 0.5) is 0 Å². The predicted molar refractivity (Wildman–Crippen MR) is 86.5 cm³/mol. The summed E-state index contributed by atoms with van der Waals surface area (Å²) in [4.78, 5) is 14.8. The van der Waals surface area contributed by atoms with Gasteiger partial charge in [-0.15, -0.1) is 0 Å². The van der Waals surface area contributed by atoms with Gasteiger partial charge in [-0.1, -0.05) is 12.1 Å². The second kappa shape index (κ2) is 6.14. The van der Waals surface area contributed by atoms with Crippen LogP contribution in [0.25, 0.3) is 5.53 Å². The normalized spacial score (nSPS) is 20.4. The number of nitriles is 1. The number of nitrogens with zero attached hydrogens (tertiary/aromatic N) is 3. The van der Waals surface area contributed by atoms with Crippen LogP contribution in [-0.4, -0.2) is 16.3 Å². The van der Waals surface area contributed by atoms with Crippen molar-refractivity contribution >= 4 is 11.5 Å². The van der Waals surface area contributed by atoms with Gasteiger partial charge in [0.15, 0.2) is 6.07 Å². The van der Waals surface area contributed by atoms with Gasteiger partial charge in [0.25, 0.3) is 5.78 Å². The number of Topliss-reactive ketones (excluding diaryl/α,β-unsaturated/α-hetero) is 1. The van der Waals surface area contributed by atoms with Gasteiger partial charge in [-0.2, -0.15) is 10.1 Å². The number of carbonyl (C=O) groups excluding carboxylic acids is 1. The summed E-state index contributed by atoms with van der Waals surface area (Å²) in [6.45, 7) is 0.567. The molecule has 2 aliphatic rings. The zero-order chi connectivity index (χ0) is 17.4. The van der Waals surface area contributed by atoms with Gasteiger partial charge < -0.3 is 14.7 Å². The fourth-order valence-electron chi connectivity index (χ4n) is 3.90. The average molecular weight is 333 g/mol. The van der Waals surface area contributed by atoms with E-state index in [0.717, 1.165) is 18.4 Å². The molecule has 1 aromatic carbocycles. The molecule has 4 rings (SSSR count).